The number of piperidine rings is 1. The smallest absolute Gasteiger partial charge is 0.372 e. The number of hydrogen-bond donors (Lipinski definition) is 3. The van der Waals surface area contributed by atoms with E-state index in [0.717, 1.165) is 37.0 Å². The molecule has 0 spiro atoms. The number of anilines is 2. The van der Waals surface area contributed by atoms with Crippen LogP contribution in [0, 0.1) is 5.92 Å². The summed E-state index contributed by atoms with van der Waals surface area (Å²) < 4.78 is 5.84. The molecule has 0 bridgehead atoms. The van der Waals surface area contributed by atoms with E-state index in [2.05, 4.69) is 20.2 Å². The normalized spacial score (nSPS) is 14.0. The number of nitrogens with zero attached hydrogens (tertiary/aromatic N) is 3. The van der Waals surface area contributed by atoms with Crippen molar-refractivity contribution >= 4 is 39.9 Å². The van der Waals surface area contributed by atoms with Crippen LogP contribution in [0.25, 0.3) is 10.8 Å². The van der Waals surface area contributed by atoms with Gasteiger partial charge in [0.2, 0.25) is 11.7 Å². The highest BCUT2D eigenvalue weighted by atomic mass is 16.5. The lowest BCUT2D eigenvalue weighted by Crippen LogP contribution is -2.41. The number of aliphatic carboxylic acids is 1. The number of nitrogens with two attached hydrogens (primary N) is 1. The Morgan fingerprint density at radius 1 is 1.11 bits per heavy atom. The number of pyridine rings is 2. The number of carboxylic acids is 1. The van der Waals surface area contributed by atoms with Crippen LogP contribution in [0.4, 0.5) is 11.5 Å². The minimum absolute atomic E-state index is 0.0174. The molecule has 2 aromatic heterocycles. The van der Waals surface area contributed by atoms with Gasteiger partial charge in [-0.2, -0.15) is 0 Å². The number of ether oxygens (including phenoxy) is 1. The van der Waals surface area contributed by atoms with E-state index < -0.39 is 11.8 Å². The lowest BCUT2D eigenvalue weighted by Gasteiger charge is -2.32. The lowest BCUT2D eigenvalue weighted by molar-refractivity contribution is -0.148. The van der Waals surface area contributed by atoms with Gasteiger partial charge in [-0.15, -0.1) is 0 Å². The van der Waals surface area contributed by atoms with Crippen molar-refractivity contribution in [1.29, 1.82) is 0 Å². The van der Waals surface area contributed by atoms with Crippen LogP contribution in [-0.4, -0.2) is 59.0 Å². The zero-order valence-corrected chi connectivity index (χ0v) is 19.1. The second-order valence-corrected chi connectivity index (χ2v) is 8.39. The number of nitrogens with one attached hydrogen (secondary N) is 1. The molecule has 1 aliphatic heterocycles. The fraction of sp³-hybridized carbons (Fsp3) is 0.320. The first-order chi connectivity index (χ1) is 16.9. The summed E-state index contributed by atoms with van der Waals surface area (Å²) >= 11 is 0. The van der Waals surface area contributed by atoms with Crippen LogP contribution in [0.15, 0.2) is 48.9 Å². The SMILES string of the molecule is Nc1nccc2cc(CC(=O)C(=O)O)c(OCCNC(=O)C3CCN(c4ccncc4)CC3)cc12. The van der Waals surface area contributed by atoms with Gasteiger partial charge in [0.15, 0.2) is 0 Å². The van der Waals surface area contributed by atoms with Gasteiger partial charge in [-0.1, -0.05) is 0 Å². The summed E-state index contributed by atoms with van der Waals surface area (Å²) in [5.74, 6) is -1.89. The third-order valence-corrected chi connectivity index (χ3v) is 6.12. The van der Waals surface area contributed by atoms with E-state index in [-0.39, 0.29) is 31.4 Å². The summed E-state index contributed by atoms with van der Waals surface area (Å²) in [6.45, 7) is 2.02. The molecule has 35 heavy (non-hydrogen) atoms. The third-order valence-electron chi connectivity index (χ3n) is 6.12. The summed E-state index contributed by atoms with van der Waals surface area (Å²) in [7, 11) is 0. The Labute approximate surface area is 202 Å². The van der Waals surface area contributed by atoms with Gasteiger partial charge >= 0.3 is 5.97 Å². The highest BCUT2D eigenvalue weighted by Crippen LogP contribution is 2.29. The molecule has 0 atom stereocenters. The first-order valence-corrected chi connectivity index (χ1v) is 11.4. The first-order valence-electron chi connectivity index (χ1n) is 11.4. The van der Waals surface area contributed by atoms with Gasteiger partial charge in [0, 0.05) is 60.7 Å². The summed E-state index contributed by atoms with van der Waals surface area (Å²) in [4.78, 5) is 45.8. The molecular weight excluding hydrogens is 450 g/mol. The summed E-state index contributed by atoms with van der Waals surface area (Å²) in [6, 6.07) is 8.99. The van der Waals surface area contributed by atoms with Crippen molar-refractivity contribution in [2.45, 2.75) is 19.3 Å². The second-order valence-electron chi connectivity index (χ2n) is 8.39. The standard InChI is InChI=1S/C25H27N5O5/c26-23-20-15-22(18(14-21(31)25(33)34)13-17(20)1-8-28-23)35-12-9-29-24(32)16-4-10-30(11-5-16)19-2-6-27-7-3-19/h1-3,6-8,13,15-16H,4-5,9-12,14H2,(H2,26,28)(H,29,32)(H,33,34). The van der Waals surface area contributed by atoms with Gasteiger partial charge in [-0.25, -0.2) is 9.78 Å². The molecule has 0 radical (unpaired) electrons. The van der Waals surface area contributed by atoms with Crippen LogP contribution in [-0.2, 0) is 20.8 Å². The Kier molecular flexibility index (Phi) is 7.39. The van der Waals surface area contributed by atoms with Crippen LogP contribution in [0.5, 0.6) is 5.75 Å². The Hall–Kier alpha value is -4.21. The van der Waals surface area contributed by atoms with E-state index >= 15 is 0 Å². The average Bonchev–Trinajstić information content (AvgIpc) is 2.87. The fourth-order valence-corrected chi connectivity index (χ4v) is 4.23. The van der Waals surface area contributed by atoms with Crippen molar-refractivity contribution in [3.63, 3.8) is 0 Å². The molecule has 3 aromatic rings. The molecule has 4 N–H and O–H groups in total. The van der Waals surface area contributed by atoms with Crippen LogP contribution in [0.2, 0.25) is 0 Å². The zero-order chi connectivity index (χ0) is 24.8. The van der Waals surface area contributed by atoms with E-state index in [0.29, 0.717) is 22.5 Å². The molecule has 1 fully saturated rings. The number of carbonyl (C=O) groups is 3. The molecule has 4 rings (SSSR count). The lowest BCUT2D eigenvalue weighted by atomic mass is 9.95. The number of carboxylic acid groups (broad SMARTS) is 1. The van der Waals surface area contributed by atoms with Crippen molar-refractivity contribution in [3.8, 4) is 5.75 Å². The minimum Gasteiger partial charge on any atom is -0.491 e. The molecule has 1 aliphatic rings. The van der Waals surface area contributed by atoms with Crippen molar-refractivity contribution < 1.29 is 24.2 Å². The van der Waals surface area contributed by atoms with E-state index in [1.165, 1.54) is 6.20 Å². The highest BCUT2D eigenvalue weighted by molar-refractivity contribution is 6.33. The van der Waals surface area contributed by atoms with Gasteiger partial charge in [-0.05, 0) is 48.6 Å². The number of hydrogen-bond acceptors (Lipinski definition) is 8. The van der Waals surface area contributed by atoms with Crippen LogP contribution in [0.1, 0.15) is 18.4 Å². The molecule has 3 heterocycles. The Morgan fingerprint density at radius 3 is 2.57 bits per heavy atom. The number of fused-ring (bicyclic) bond motifs is 1. The fourth-order valence-electron chi connectivity index (χ4n) is 4.23. The van der Waals surface area contributed by atoms with E-state index in [1.54, 1.807) is 30.6 Å². The number of amides is 1. The molecule has 1 saturated heterocycles. The van der Waals surface area contributed by atoms with E-state index in [9.17, 15) is 14.4 Å². The maximum atomic E-state index is 12.6. The number of ketones is 1. The Morgan fingerprint density at radius 2 is 1.86 bits per heavy atom. The quantitative estimate of drug-likeness (QED) is 0.310. The number of aromatic nitrogens is 2. The first kappa shape index (κ1) is 23.9. The predicted octanol–water partition coefficient (Wildman–Crippen LogP) is 1.82. The molecule has 1 aromatic carbocycles. The van der Waals surface area contributed by atoms with Gasteiger partial charge in [0.25, 0.3) is 0 Å². The predicted molar refractivity (Wildman–Crippen MR) is 130 cm³/mol. The second kappa shape index (κ2) is 10.8. The number of Topliss-reactive ketones (excluding diaryl/α,β-unsaturated/α-hetero) is 1. The Bertz CT molecular complexity index is 1230. The van der Waals surface area contributed by atoms with Crippen LogP contribution in [0.3, 0.4) is 0 Å². The summed E-state index contributed by atoms with van der Waals surface area (Å²) in [5.41, 5.74) is 7.50. The highest BCUT2D eigenvalue weighted by Gasteiger charge is 2.25. The summed E-state index contributed by atoms with van der Waals surface area (Å²) in [6.07, 6.45) is 6.26. The van der Waals surface area contributed by atoms with Crippen LogP contribution < -0.4 is 20.7 Å². The molecule has 0 saturated carbocycles. The number of nitrogen functional groups attached to an aromatic ring is 1. The van der Waals surface area contributed by atoms with E-state index in [1.807, 2.05) is 12.1 Å². The molecule has 0 unspecified atom stereocenters. The maximum Gasteiger partial charge on any atom is 0.372 e. The molecule has 0 aliphatic carbocycles. The molecule has 10 nitrogen and oxygen atoms in total. The van der Waals surface area contributed by atoms with Gasteiger partial charge in [0.1, 0.15) is 18.2 Å². The molecular formula is C25H27N5O5. The van der Waals surface area contributed by atoms with Gasteiger partial charge in [-0.3, -0.25) is 14.6 Å². The average molecular weight is 478 g/mol. The summed E-state index contributed by atoms with van der Waals surface area (Å²) in [5, 5.41) is 13.3. The molecule has 10 heteroatoms. The van der Waals surface area contributed by atoms with Crippen molar-refractivity contribution in [1.82, 2.24) is 15.3 Å². The number of rotatable bonds is 9. The van der Waals surface area contributed by atoms with Crippen LogP contribution >= 0.6 is 0 Å². The maximum absolute atomic E-state index is 12.6. The van der Waals surface area contributed by atoms with Crippen molar-refractivity contribution in [2.75, 3.05) is 36.9 Å². The minimum atomic E-state index is -1.51. The molecule has 182 valence electrons. The van der Waals surface area contributed by atoms with Crippen molar-refractivity contribution in [2.24, 2.45) is 5.92 Å². The van der Waals surface area contributed by atoms with Gasteiger partial charge < -0.3 is 25.8 Å². The van der Waals surface area contributed by atoms with Crippen molar-refractivity contribution in [3.05, 3.63) is 54.5 Å². The topological polar surface area (TPSA) is 148 Å². The number of benzene rings is 1. The monoisotopic (exact) mass is 477 g/mol. The number of carbonyl (C=O) groups excluding carboxylic acids is 2. The molecule has 1 amide bonds. The van der Waals surface area contributed by atoms with E-state index in [4.69, 9.17) is 15.6 Å². The largest absolute Gasteiger partial charge is 0.491 e. The third kappa shape index (κ3) is 5.84. The zero-order valence-electron chi connectivity index (χ0n) is 19.1. The Balaban J connectivity index is 1.33. The van der Waals surface area contributed by atoms with Gasteiger partial charge in [0.05, 0.1) is 6.54 Å².